The number of fused-ring (bicyclic) bond motifs is 1. The second-order valence-electron chi connectivity index (χ2n) is 4.52. The molecule has 102 valence electrons. The van der Waals surface area contributed by atoms with Crippen molar-refractivity contribution in [1.29, 1.82) is 0 Å². The van der Waals surface area contributed by atoms with Gasteiger partial charge in [-0.2, -0.15) is 0 Å². The number of hydrogen-bond donors (Lipinski definition) is 1. The Morgan fingerprint density at radius 2 is 1.85 bits per heavy atom. The monoisotopic (exact) mass is 285 g/mol. The quantitative estimate of drug-likeness (QED) is 0.770. The summed E-state index contributed by atoms with van der Waals surface area (Å²) in [5.74, 6) is 0.789. The minimum Gasteiger partial charge on any atom is -0.431 e. The zero-order chi connectivity index (χ0) is 13.8. The highest BCUT2D eigenvalue weighted by atomic mass is 32.1. The van der Waals surface area contributed by atoms with Crippen molar-refractivity contribution >= 4 is 21.6 Å². The first kappa shape index (κ1) is 13.1. The first-order valence-corrected chi connectivity index (χ1v) is 7.40. The molecule has 1 aromatic heterocycles. The van der Waals surface area contributed by atoms with Gasteiger partial charge in [0.05, 0.1) is 10.2 Å². The highest BCUT2D eigenvalue weighted by molar-refractivity contribution is 7.20. The Morgan fingerprint density at radius 3 is 2.60 bits per heavy atom. The number of benzene rings is 2. The lowest BCUT2D eigenvalue weighted by atomic mass is 10.1. The molecule has 0 atom stereocenters. The summed E-state index contributed by atoms with van der Waals surface area (Å²) in [5, 5.41) is 9.48. The van der Waals surface area contributed by atoms with Gasteiger partial charge in [-0.1, -0.05) is 35.6 Å². The smallest absolute Gasteiger partial charge is 0.279 e. The fourth-order valence-corrected chi connectivity index (χ4v) is 2.84. The molecule has 0 aliphatic carbocycles. The molecule has 0 fully saturated rings. The van der Waals surface area contributed by atoms with E-state index in [1.807, 2.05) is 48.5 Å². The van der Waals surface area contributed by atoms with Crippen molar-refractivity contribution in [2.45, 2.75) is 12.8 Å². The normalized spacial score (nSPS) is 10.8. The molecular weight excluding hydrogens is 270 g/mol. The summed E-state index contributed by atoms with van der Waals surface area (Å²) in [4.78, 5) is 4.44. The molecule has 2 aromatic carbocycles. The van der Waals surface area contributed by atoms with E-state index in [2.05, 4.69) is 4.98 Å². The lowest BCUT2D eigenvalue weighted by Gasteiger charge is -2.03. The minimum absolute atomic E-state index is 0.226. The van der Waals surface area contributed by atoms with E-state index in [9.17, 15) is 0 Å². The Bertz CT molecular complexity index is 658. The topological polar surface area (TPSA) is 42.4 Å². The van der Waals surface area contributed by atoms with Crippen LogP contribution in [-0.2, 0) is 6.42 Å². The number of rotatable bonds is 5. The molecule has 3 aromatic rings. The van der Waals surface area contributed by atoms with Gasteiger partial charge >= 0.3 is 0 Å². The number of nitrogens with zero attached hydrogens (tertiary/aromatic N) is 1. The highest BCUT2D eigenvalue weighted by Gasteiger charge is 2.05. The lowest BCUT2D eigenvalue weighted by Crippen LogP contribution is -1.89. The van der Waals surface area contributed by atoms with E-state index >= 15 is 0 Å². The number of aryl methyl sites for hydroxylation is 1. The van der Waals surface area contributed by atoms with Crippen molar-refractivity contribution in [1.82, 2.24) is 4.98 Å². The van der Waals surface area contributed by atoms with Crippen LogP contribution >= 0.6 is 11.3 Å². The van der Waals surface area contributed by atoms with Gasteiger partial charge in [-0.15, -0.1) is 0 Å². The molecule has 0 amide bonds. The van der Waals surface area contributed by atoms with E-state index < -0.39 is 0 Å². The van der Waals surface area contributed by atoms with Gasteiger partial charge < -0.3 is 9.84 Å². The maximum absolute atomic E-state index is 8.81. The standard InChI is InChI=1S/C16H15NO2S/c18-11-3-4-12-7-9-13(10-8-12)19-16-17-14-5-1-2-6-15(14)20-16/h1-2,5-10,18H,3-4,11H2. The number of aliphatic hydroxyl groups excluding tert-OH is 1. The Balaban J connectivity index is 1.73. The van der Waals surface area contributed by atoms with E-state index in [1.54, 1.807) is 11.3 Å². The van der Waals surface area contributed by atoms with Crippen LogP contribution in [0.4, 0.5) is 0 Å². The average molecular weight is 285 g/mol. The Kier molecular flexibility index (Phi) is 3.95. The highest BCUT2D eigenvalue weighted by Crippen LogP contribution is 2.31. The van der Waals surface area contributed by atoms with E-state index in [0.717, 1.165) is 28.8 Å². The summed E-state index contributed by atoms with van der Waals surface area (Å²) < 4.78 is 6.91. The van der Waals surface area contributed by atoms with E-state index in [0.29, 0.717) is 5.19 Å². The summed E-state index contributed by atoms with van der Waals surface area (Å²) in [5.41, 5.74) is 2.17. The molecule has 0 saturated heterocycles. The molecule has 0 spiro atoms. The van der Waals surface area contributed by atoms with Gasteiger partial charge in [-0.3, -0.25) is 0 Å². The molecule has 3 rings (SSSR count). The Morgan fingerprint density at radius 1 is 1.05 bits per heavy atom. The first-order valence-electron chi connectivity index (χ1n) is 6.58. The van der Waals surface area contributed by atoms with Crippen LogP contribution in [0, 0.1) is 0 Å². The maximum Gasteiger partial charge on any atom is 0.279 e. The SMILES string of the molecule is OCCCc1ccc(Oc2nc3ccccc3s2)cc1. The molecule has 0 radical (unpaired) electrons. The van der Waals surface area contributed by atoms with Crippen LogP contribution in [0.25, 0.3) is 10.2 Å². The second-order valence-corrected chi connectivity index (χ2v) is 5.51. The van der Waals surface area contributed by atoms with Crippen molar-refractivity contribution in [3.05, 3.63) is 54.1 Å². The zero-order valence-electron chi connectivity index (χ0n) is 11.0. The largest absolute Gasteiger partial charge is 0.431 e. The fourth-order valence-electron chi connectivity index (χ4n) is 2.00. The van der Waals surface area contributed by atoms with E-state index in [4.69, 9.17) is 9.84 Å². The van der Waals surface area contributed by atoms with Gasteiger partial charge in [-0.25, -0.2) is 4.98 Å². The van der Waals surface area contributed by atoms with Crippen LogP contribution in [-0.4, -0.2) is 16.7 Å². The third-order valence-corrected chi connectivity index (χ3v) is 3.94. The van der Waals surface area contributed by atoms with Gasteiger partial charge in [0, 0.05) is 6.61 Å². The molecule has 4 heteroatoms. The van der Waals surface area contributed by atoms with Gasteiger partial charge in [0.15, 0.2) is 0 Å². The van der Waals surface area contributed by atoms with Crippen molar-refractivity contribution in [2.75, 3.05) is 6.61 Å². The third kappa shape index (κ3) is 2.98. The molecule has 0 aliphatic rings. The molecule has 20 heavy (non-hydrogen) atoms. The molecule has 0 unspecified atom stereocenters. The van der Waals surface area contributed by atoms with Crippen LogP contribution in [0.5, 0.6) is 10.9 Å². The number of para-hydroxylation sites is 1. The Hall–Kier alpha value is -1.91. The molecule has 1 heterocycles. The Labute approximate surface area is 121 Å². The second kappa shape index (κ2) is 6.03. The predicted molar refractivity (Wildman–Crippen MR) is 81.5 cm³/mol. The number of ether oxygens (including phenoxy) is 1. The number of aromatic nitrogens is 1. The average Bonchev–Trinajstić information content (AvgIpc) is 2.89. The minimum atomic E-state index is 0.226. The maximum atomic E-state index is 8.81. The first-order chi connectivity index (χ1) is 9.85. The predicted octanol–water partition coefficient (Wildman–Crippen LogP) is 4.01. The molecular formula is C16H15NO2S. The van der Waals surface area contributed by atoms with Crippen molar-refractivity contribution in [2.24, 2.45) is 0 Å². The van der Waals surface area contributed by atoms with Gasteiger partial charge in [0.1, 0.15) is 5.75 Å². The summed E-state index contributed by atoms with van der Waals surface area (Å²) in [7, 11) is 0. The number of aliphatic hydroxyl groups is 1. The van der Waals surface area contributed by atoms with Crippen LogP contribution < -0.4 is 4.74 Å². The van der Waals surface area contributed by atoms with Crippen LogP contribution in [0.3, 0.4) is 0 Å². The summed E-state index contributed by atoms with van der Waals surface area (Å²) >= 11 is 1.54. The third-order valence-electron chi connectivity index (χ3n) is 3.03. The molecule has 1 N–H and O–H groups in total. The molecule has 3 nitrogen and oxygen atoms in total. The van der Waals surface area contributed by atoms with E-state index in [-0.39, 0.29) is 6.61 Å². The van der Waals surface area contributed by atoms with Gasteiger partial charge in [0.2, 0.25) is 0 Å². The number of thiazole rings is 1. The molecule has 0 bridgehead atoms. The van der Waals surface area contributed by atoms with Crippen molar-refractivity contribution in [3.8, 4) is 10.9 Å². The fraction of sp³-hybridized carbons (Fsp3) is 0.188. The van der Waals surface area contributed by atoms with Crippen LogP contribution in [0.2, 0.25) is 0 Å². The van der Waals surface area contributed by atoms with Crippen molar-refractivity contribution < 1.29 is 9.84 Å². The van der Waals surface area contributed by atoms with Crippen LogP contribution in [0.15, 0.2) is 48.5 Å². The number of hydrogen-bond acceptors (Lipinski definition) is 4. The summed E-state index contributed by atoms with van der Waals surface area (Å²) in [6.45, 7) is 0.226. The van der Waals surface area contributed by atoms with Crippen LogP contribution in [0.1, 0.15) is 12.0 Å². The summed E-state index contributed by atoms with van der Waals surface area (Å²) in [6.07, 6.45) is 1.68. The summed E-state index contributed by atoms with van der Waals surface area (Å²) in [6, 6.07) is 15.9. The molecule has 0 saturated carbocycles. The van der Waals surface area contributed by atoms with Gasteiger partial charge in [-0.05, 0) is 42.7 Å². The van der Waals surface area contributed by atoms with Gasteiger partial charge in [0.25, 0.3) is 5.19 Å². The zero-order valence-corrected chi connectivity index (χ0v) is 11.8. The van der Waals surface area contributed by atoms with Crippen molar-refractivity contribution in [3.63, 3.8) is 0 Å². The lowest BCUT2D eigenvalue weighted by molar-refractivity contribution is 0.288. The molecule has 0 aliphatic heterocycles. The van der Waals surface area contributed by atoms with E-state index in [1.165, 1.54) is 5.56 Å².